The fourth-order valence-corrected chi connectivity index (χ4v) is 10.6. The van der Waals surface area contributed by atoms with Gasteiger partial charge in [-0.05, 0) is 66.3 Å². The van der Waals surface area contributed by atoms with Crippen LogP contribution in [0.2, 0.25) is 0 Å². The number of carbonyl (C=O) groups is 5. The lowest BCUT2D eigenvalue weighted by Gasteiger charge is -2.35. The summed E-state index contributed by atoms with van der Waals surface area (Å²) in [7, 11) is -4.37. The van der Waals surface area contributed by atoms with Crippen LogP contribution in [0.15, 0.2) is 66.4 Å². The van der Waals surface area contributed by atoms with Gasteiger partial charge in [-0.3, -0.25) is 28.7 Å². The van der Waals surface area contributed by atoms with Crippen molar-refractivity contribution in [1.29, 1.82) is 0 Å². The number of rotatable bonds is 18. The van der Waals surface area contributed by atoms with E-state index in [1.165, 1.54) is 27.9 Å². The first-order chi connectivity index (χ1) is 32.7. The fourth-order valence-electron chi connectivity index (χ4n) is 8.61. The first-order valence-corrected chi connectivity index (χ1v) is 25.2. The average Bonchev–Trinajstić information content (AvgIpc) is 4.09. The monoisotopic (exact) mass is 987 g/mol. The molecule has 0 aliphatic carbocycles. The number of aryl methyl sites for hydroxylation is 1. The van der Waals surface area contributed by atoms with Gasteiger partial charge in [-0.25, -0.2) is 18.4 Å². The lowest BCUT2D eigenvalue weighted by atomic mass is 9.85. The summed E-state index contributed by atoms with van der Waals surface area (Å²) in [5.74, 6) is -3.86. The number of likely N-dealkylation sites (tertiary alicyclic amines) is 1. The third-order valence-corrected chi connectivity index (χ3v) is 14.7. The molecular formula is C48H58FN9O9S2. The number of nitrogens with zero attached hydrogens (tertiary/aromatic N) is 5. The molecule has 4 heterocycles. The number of anilines is 1. The summed E-state index contributed by atoms with van der Waals surface area (Å²) in [6.45, 7) is 9.03. The van der Waals surface area contributed by atoms with Gasteiger partial charge < -0.3 is 31.1 Å². The molecule has 0 bridgehead atoms. The first kappa shape index (κ1) is 50.4. The van der Waals surface area contributed by atoms with Crippen LogP contribution in [0.4, 0.5) is 10.1 Å². The van der Waals surface area contributed by atoms with Crippen molar-refractivity contribution in [3.05, 3.63) is 83.5 Å². The number of β-amino-alcohol motifs (C(OH)–C–C–N with tert-alkyl or cyclic N) is 1. The Hall–Kier alpha value is -6.45. The molecule has 18 nitrogen and oxygen atoms in total. The lowest BCUT2D eigenvalue weighted by Crippen LogP contribution is -2.57. The number of aliphatic hydroxyl groups is 1. The Balaban J connectivity index is 0.821. The maximum atomic E-state index is 15.7. The van der Waals surface area contributed by atoms with Gasteiger partial charge in [-0.15, -0.1) is 11.3 Å². The number of amides is 5. The van der Waals surface area contributed by atoms with Crippen LogP contribution in [0, 0.1) is 18.2 Å². The molecule has 368 valence electrons. The Bertz CT molecular complexity index is 2850. The van der Waals surface area contributed by atoms with E-state index in [9.17, 15) is 42.6 Å². The zero-order chi connectivity index (χ0) is 49.8. The number of aromatic nitrogens is 3. The molecule has 0 radical (unpaired) electrons. The van der Waals surface area contributed by atoms with E-state index in [4.69, 9.17) is 0 Å². The van der Waals surface area contributed by atoms with Gasteiger partial charge in [0.1, 0.15) is 36.6 Å². The number of unbranched alkanes of at least 4 members (excludes halogenated alkanes) is 4. The van der Waals surface area contributed by atoms with Crippen molar-refractivity contribution < 1.29 is 47.0 Å². The third-order valence-electron chi connectivity index (χ3n) is 12.3. The molecule has 0 saturated carbocycles. The predicted octanol–water partition coefficient (Wildman–Crippen LogP) is 4.99. The Morgan fingerprint density at radius 3 is 2.36 bits per heavy atom. The van der Waals surface area contributed by atoms with Crippen molar-refractivity contribution in [2.75, 3.05) is 23.9 Å². The summed E-state index contributed by atoms with van der Waals surface area (Å²) in [6.07, 6.45) is 6.22. The molecule has 2 saturated heterocycles. The molecule has 5 amide bonds. The van der Waals surface area contributed by atoms with E-state index in [1.54, 1.807) is 39.9 Å². The SMILES string of the molecule is Cc1ncsc1-c1ccc([C@H](C)NC(=O)[C@@H]2C[C@@H](O)CN2C(=O)[C@@H](NC(=O)CCCCCCCNC(=O)Cn2cc(-c3ccc4cc(O)c(N5CC(=O)NS5(=O)=O)c(F)c4c3)cn2)C(C)(C)C)cc1. The second-order valence-corrected chi connectivity index (χ2v) is 21.2. The number of hydrogen-bond donors (Lipinski definition) is 6. The van der Waals surface area contributed by atoms with Crippen LogP contribution in [-0.2, 0) is 40.7 Å². The number of thiazole rings is 1. The molecule has 2 aromatic heterocycles. The number of phenols is 1. The van der Waals surface area contributed by atoms with Crippen molar-refractivity contribution in [2.45, 2.75) is 110 Å². The number of phenolic OH excluding ortho intramolecular Hbond substituents is 1. The molecule has 2 aliphatic heterocycles. The van der Waals surface area contributed by atoms with Crippen molar-refractivity contribution in [1.82, 2.24) is 40.3 Å². The number of carbonyl (C=O) groups excluding carboxylic acids is 5. The summed E-state index contributed by atoms with van der Waals surface area (Å²) >= 11 is 1.56. The highest BCUT2D eigenvalue weighted by molar-refractivity contribution is 7.92. The van der Waals surface area contributed by atoms with E-state index in [2.05, 4.69) is 26.0 Å². The maximum Gasteiger partial charge on any atom is 0.326 e. The molecule has 7 rings (SSSR count). The highest BCUT2D eigenvalue weighted by Gasteiger charge is 2.45. The van der Waals surface area contributed by atoms with Crippen LogP contribution in [0.5, 0.6) is 5.75 Å². The Morgan fingerprint density at radius 2 is 1.68 bits per heavy atom. The van der Waals surface area contributed by atoms with Crippen LogP contribution in [0.3, 0.4) is 0 Å². The van der Waals surface area contributed by atoms with Crippen LogP contribution in [-0.4, -0.2) is 106 Å². The van der Waals surface area contributed by atoms with Gasteiger partial charge in [-0.2, -0.15) is 13.5 Å². The number of hydrogen-bond acceptors (Lipinski definition) is 12. The summed E-state index contributed by atoms with van der Waals surface area (Å²) in [6, 6.07) is 11.6. The maximum absolute atomic E-state index is 15.7. The third kappa shape index (κ3) is 11.9. The molecule has 21 heteroatoms. The van der Waals surface area contributed by atoms with Crippen molar-refractivity contribution in [3.63, 3.8) is 0 Å². The standard InChI is InChI=1S/C48H58FN9O9S2/c1-28(30-12-14-31(15-13-30)44-29(2)51-27-68-44)53-46(64)37-21-35(59)24-57(37)47(65)45(48(3,4)5)54-39(61)11-9-7-6-8-10-18-50-40(62)25-56-23-34(22-52-56)32-16-17-33-20-38(60)43(42(49)36(33)19-32)58-26-41(63)55-69(58,66)67/h12-17,19-20,22-23,27-28,35,37,45,59-60H,6-11,18,21,24-26H2,1-5H3,(H,50,62)(H,53,64)(H,54,61)(H,55,63)/t28-,35+,37-,45+/m0/s1. The van der Waals surface area contributed by atoms with Gasteiger partial charge in [0.15, 0.2) is 5.82 Å². The van der Waals surface area contributed by atoms with E-state index in [-0.39, 0.29) is 55.1 Å². The summed E-state index contributed by atoms with van der Waals surface area (Å²) in [5.41, 5.74) is 4.44. The number of nitrogens with one attached hydrogen (secondary N) is 4. The Labute approximate surface area is 403 Å². The number of fused-ring (bicyclic) bond motifs is 1. The molecular weight excluding hydrogens is 930 g/mol. The minimum Gasteiger partial charge on any atom is -0.506 e. The van der Waals surface area contributed by atoms with Gasteiger partial charge in [0, 0.05) is 43.1 Å². The second-order valence-electron chi connectivity index (χ2n) is 18.7. The molecule has 0 unspecified atom stereocenters. The largest absolute Gasteiger partial charge is 0.506 e. The van der Waals surface area contributed by atoms with Gasteiger partial charge >= 0.3 is 10.2 Å². The quantitative estimate of drug-likeness (QED) is 0.0639. The number of halogens is 1. The summed E-state index contributed by atoms with van der Waals surface area (Å²) in [5, 5.41) is 34.5. The number of aliphatic hydroxyl groups excluding tert-OH is 1. The predicted molar refractivity (Wildman–Crippen MR) is 258 cm³/mol. The van der Waals surface area contributed by atoms with E-state index in [0.717, 1.165) is 41.0 Å². The molecule has 0 spiro atoms. The fraction of sp³-hybridized carbons (Fsp3) is 0.438. The molecule has 3 aromatic carbocycles. The highest BCUT2D eigenvalue weighted by Crippen LogP contribution is 2.40. The van der Waals surface area contributed by atoms with Crippen molar-refractivity contribution in [3.8, 4) is 27.3 Å². The van der Waals surface area contributed by atoms with Gasteiger partial charge in [0.2, 0.25) is 23.6 Å². The minimum absolute atomic E-state index is 0.00838. The normalized spacial score (nSPS) is 17.7. The number of aromatic hydroxyl groups is 1. The zero-order valence-corrected chi connectivity index (χ0v) is 40.8. The van der Waals surface area contributed by atoms with Gasteiger partial charge in [0.05, 0.1) is 34.4 Å². The van der Waals surface area contributed by atoms with E-state index < -0.39 is 69.4 Å². The molecule has 4 atom stereocenters. The zero-order valence-electron chi connectivity index (χ0n) is 39.1. The van der Waals surface area contributed by atoms with Crippen LogP contribution < -0.4 is 25.0 Å². The number of benzene rings is 3. The van der Waals surface area contributed by atoms with Gasteiger partial charge in [-0.1, -0.05) is 76.4 Å². The molecule has 69 heavy (non-hydrogen) atoms. The van der Waals surface area contributed by atoms with E-state index >= 15 is 4.39 Å². The average molecular weight is 988 g/mol. The molecule has 6 N–H and O–H groups in total. The molecule has 2 fully saturated rings. The molecule has 5 aromatic rings. The van der Waals surface area contributed by atoms with Gasteiger partial charge in [0.25, 0.3) is 5.91 Å². The minimum atomic E-state index is -4.37. The Kier molecular flexibility index (Phi) is 15.4. The van der Waals surface area contributed by atoms with Crippen molar-refractivity contribution in [2.24, 2.45) is 5.41 Å². The summed E-state index contributed by atoms with van der Waals surface area (Å²) in [4.78, 5) is 72.2. The Morgan fingerprint density at radius 1 is 0.971 bits per heavy atom. The smallest absolute Gasteiger partial charge is 0.326 e. The van der Waals surface area contributed by atoms with Crippen LogP contribution >= 0.6 is 11.3 Å². The van der Waals surface area contributed by atoms with Crippen molar-refractivity contribution >= 4 is 67.5 Å². The van der Waals surface area contributed by atoms with Crippen LogP contribution in [0.25, 0.3) is 32.3 Å². The first-order valence-electron chi connectivity index (χ1n) is 22.9. The lowest BCUT2D eigenvalue weighted by molar-refractivity contribution is -0.144. The van der Waals surface area contributed by atoms with Crippen LogP contribution in [0.1, 0.15) is 89.9 Å². The topological polar surface area (TPSA) is 245 Å². The highest BCUT2D eigenvalue weighted by atomic mass is 32.2. The summed E-state index contributed by atoms with van der Waals surface area (Å²) < 4.78 is 44.2. The second kappa shape index (κ2) is 21.0. The van der Waals surface area contributed by atoms with E-state index in [1.807, 2.05) is 58.9 Å². The van der Waals surface area contributed by atoms with E-state index in [0.29, 0.717) is 40.2 Å². The molecule has 2 aliphatic rings.